The maximum atomic E-state index is 3.84. The SMILES string of the molecule is Cc1cc(C)c(Nc2ccccc2Nc2cc(Br)c(C(C)(C)C)cc2C(C)(C)C)c(C)c1. The van der Waals surface area contributed by atoms with E-state index in [9.17, 15) is 0 Å². The van der Waals surface area contributed by atoms with E-state index < -0.39 is 0 Å². The third kappa shape index (κ3) is 5.38. The summed E-state index contributed by atoms with van der Waals surface area (Å²) in [7, 11) is 0. The maximum Gasteiger partial charge on any atom is 0.0623 e. The van der Waals surface area contributed by atoms with Crippen LogP contribution in [0.15, 0.2) is 53.0 Å². The molecule has 0 saturated carbocycles. The zero-order chi connectivity index (χ0) is 23.8. The average Bonchev–Trinajstić information content (AvgIpc) is 2.64. The fourth-order valence-electron chi connectivity index (χ4n) is 4.23. The van der Waals surface area contributed by atoms with Crippen molar-refractivity contribution in [3.05, 3.63) is 80.8 Å². The second kappa shape index (κ2) is 8.94. The van der Waals surface area contributed by atoms with Crippen LogP contribution >= 0.6 is 15.9 Å². The van der Waals surface area contributed by atoms with E-state index in [1.807, 2.05) is 0 Å². The minimum Gasteiger partial charge on any atom is -0.354 e. The Labute approximate surface area is 203 Å². The predicted octanol–water partition coefficient (Wildman–Crippen LogP) is 9.46. The number of halogens is 1. The molecule has 3 heteroatoms. The Morgan fingerprint density at radius 3 is 1.62 bits per heavy atom. The van der Waals surface area contributed by atoms with Gasteiger partial charge in [0.2, 0.25) is 0 Å². The van der Waals surface area contributed by atoms with Crippen LogP contribution in [0.4, 0.5) is 22.7 Å². The van der Waals surface area contributed by atoms with Crippen LogP contribution in [-0.2, 0) is 10.8 Å². The van der Waals surface area contributed by atoms with Crippen molar-refractivity contribution in [3.8, 4) is 0 Å². The fourth-order valence-corrected chi connectivity index (χ4v) is 5.17. The highest BCUT2D eigenvalue weighted by Gasteiger charge is 2.25. The van der Waals surface area contributed by atoms with E-state index in [1.165, 1.54) is 33.5 Å². The molecule has 0 atom stereocenters. The minimum atomic E-state index is 0.00946. The smallest absolute Gasteiger partial charge is 0.0623 e. The number of para-hydroxylation sites is 2. The third-order valence-corrected chi connectivity index (χ3v) is 6.51. The van der Waals surface area contributed by atoms with Gasteiger partial charge in [0.1, 0.15) is 0 Å². The molecule has 0 fully saturated rings. The van der Waals surface area contributed by atoms with E-state index >= 15 is 0 Å². The quantitative estimate of drug-likeness (QED) is 0.378. The molecule has 2 nitrogen and oxygen atoms in total. The Bertz CT molecular complexity index is 1110. The summed E-state index contributed by atoms with van der Waals surface area (Å²) in [4.78, 5) is 0. The second-order valence-electron chi connectivity index (χ2n) is 10.9. The Hall–Kier alpha value is -2.26. The molecule has 32 heavy (non-hydrogen) atoms. The Kier molecular flexibility index (Phi) is 6.81. The minimum absolute atomic E-state index is 0.00946. The topological polar surface area (TPSA) is 24.1 Å². The average molecular weight is 494 g/mol. The molecule has 0 aromatic heterocycles. The summed E-state index contributed by atoms with van der Waals surface area (Å²) in [6.45, 7) is 20.1. The van der Waals surface area contributed by atoms with Gasteiger partial charge in [0.25, 0.3) is 0 Å². The van der Waals surface area contributed by atoms with E-state index in [4.69, 9.17) is 0 Å². The Balaban J connectivity index is 2.07. The van der Waals surface area contributed by atoms with Gasteiger partial charge in [0.05, 0.1) is 11.4 Å². The predicted molar refractivity (Wildman–Crippen MR) is 145 cm³/mol. The number of anilines is 4. The number of hydrogen-bond donors (Lipinski definition) is 2. The lowest BCUT2D eigenvalue weighted by Crippen LogP contribution is -2.18. The van der Waals surface area contributed by atoms with Crippen LogP contribution in [0.1, 0.15) is 69.4 Å². The Morgan fingerprint density at radius 1 is 0.625 bits per heavy atom. The summed E-state index contributed by atoms with van der Waals surface area (Å²) in [6, 6.07) is 17.5. The van der Waals surface area contributed by atoms with Crippen molar-refractivity contribution in [2.75, 3.05) is 10.6 Å². The highest BCUT2D eigenvalue weighted by atomic mass is 79.9. The van der Waals surface area contributed by atoms with Gasteiger partial charge in [-0.25, -0.2) is 0 Å². The molecule has 0 unspecified atom stereocenters. The second-order valence-corrected chi connectivity index (χ2v) is 11.8. The first kappa shape index (κ1) is 24.4. The van der Waals surface area contributed by atoms with E-state index in [2.05, 4.69) is 137 Å². The zero-order valence-electron chi connectivity index (χ0n) is 21.0. The summed E-state index contributed by atoms with van der Waals surface area (Å²) >= 11 is 3.84. The van der Waals surface area contributed by atoms with Crippen LogP contribution in [0.3, 0.4) is 0 Å². The molecule has 0 aliphatic carbocycles. The van der Waals surface area contributed by atoms with Gasteiger partial charge in [0.15, 0.2) is 0 Å². The summed E-state index contributed by atoms with van der Waals surface area (Å²) in [5.41, 5.74) is 10.9. The van der Waals surface area contributed by atoms with Gasteiger partial charge >= 0.3 is 0 Å². The molecule has 0 spiro atoms. The number of aryl methyl sites for hydroxylation is 3. The normalized spacial score (nSPS) is 12.1. The summed E-state index contributed by atoms with van der Waals surface area (Å²) in [6.07, 6.45) is 0. The lowest BCUT2D eigenvalue weighted by molar-refractivity contribution is 0.568. The number of benzene rings is 3. The largest absolute Gasteiger partial charge is 0.354 e. The molecule has 0 saturated heterocycles. The molecule has 0 amide bonds. The monoisotopic (exact) mass is 492 g/mol. The molecular weight excluding hydrogens is 456 g/mol. The van der Waals surface area contributed by atoms with Gasteiger partial charge in [-0.2, -0.15) is 0 Å². The van der Waals surface area contributed by atoms with Crippen molar-refractivity contribution in [2.24, 2.45) is 0 Å². The van der Waals surface area contributed by atoms with Crippen LogP contribution in [0.25, 0.3) is 0 Å². The highest BCUT2D eigenvalue weighted by Crippen LogP contribution is 2.41. The van der Waals surface area contributed by atoms with Gasteiger partial charge in [-0.1, -0.05) is 93.4 Å². The van der Waals surface area contributed by atoms with Crippen LogP contribution in [-0.4, -0.2) is 0 Å². The van der Waals surface area contributed by atoms with Crippen LogP contribution in [0, 0.1) is 20.8 Å². The van der Waals surface area contributed by atoms with Gasteiger partial charge in [-0.05, 0) is 72.1 Å². The molecule has 0 radical (unpaired) electrons. The van der Waals surface area contributed by atoms with Gasteiger partial charge in [0, 0.05) is 15.8 Å². The van der Waals surface area contributed by atoms with E-state index in [-0.39, 0.29) is 10.8 Å². The summed E-state index contributed by atoms with van der Waals surface area (Å²) in [5, 5.41) is 7.44. The van der Waals surface area contributed by atoms with Crippen molar-refractivity contribution >= 4 is 38.7 Å². The number of rotatable bonds is 4. The molecule has 3 aromatic carbocycles. The van der Waals surface area contributed by atoms with E-state index in [1.54, 1.807) is 0 Å². The lowest BCUT2D eigenvalue weighted by atomic mass is 9.80. The van der Waals surface area contributed by atoms with E-state index in [0.29, 0.717) is 0 Å². The molecule has 2 N–H and O–H groups in total. The van der Waals surface area contributed by atoms with Crippen molar-refractivity contribution < 1.29 is 0 Å². The van der Waals surface area contributed by atoms with Gasteiger partial charge < -0.3 is 10.6 Å². The fraction of sp³-hybridized carbons (Fsp3) is 0.379. The number of hydrogen-bond acceptors (Lipinski definition) is 2. The van der Waals surface area contributed by atoms with Crippen LogP contribution < -0.4 is 10.6 Å². The highest BCUT2D eigenvalue weighted by molar-refractivity contribution is 9.10. The first-order chi connectivity index (χ1) is 14.8. The van der Waals surface area contributed by atoms with Crippen molar-refractivity contribution in [1.29, 1.82) is 0 Å². The standard InChI is InChI=1S/C29H37BrN2/c1-18-14-19(2)27(20(3)15-18)32-25-13-11-10-12-24(25)31-26-17-23(30)21(28(4,5)6)16-22(26)29(7,8)9/h10-17,31-32H,1-9H3. The van der Waals surface area contributed by atoms with E-state index in [0.717, 1.165) is 21.5 Å². The Morgan fingerprint density at radius 2 is 1.12 bits per heavy atom. The first-order valence-corrected chi connectivity index (χ1v) is 12.1. The zero-order valence-corrected chi connectivity index (χ0v) is 22.6. The lowest BCUT2D eigenvalue weighted by Gasteiger charge is -2.29. The molecular formula is C29H37BrN2. The first-order valence-electron chi connectivity index (χ1n) is 11.3. The van der Waals surface area contributed by atoms with Crippen molar-refractivity contribution in [2.45, 2.75) is 73.1 Å². The van der Waals surface area contributed by atoms with Gasteiger partial charge in [-0.3, -0.25) is 0 Å². The van der Waals surface area contributed by atoms with Crippen LogP contribution in [0.2, 0.25) is 0 Å². The third-order valence-electron chi connectivity index (χ3n) is 5.86. The van der Waals surface area contributed by atoms with Crippen LogP contribution in [0.5, 0.6) is 0 Å². The molecule has 0 heterocycles. The summed E-state index contributed by atoms with van der Waals surface area (Å²) < 4.78 is 1.14. The van der Waals surface area contributed by atoms with Gasteiger partial charge in [-0.15, -0.1) is 0 Å². The summed E-state index contributed by atoms with van der Waals surface area (Å²) in [5.74, 6) is 0. The molecule has 0 aliphatic heterocycles. The molecule has 0 bridgehead atoms. The van der Waals surface area contributed by atoms with Crippen molar-refractivity contribution in [3.63, 3.8) is 0 Å². The van der Waals surface area contributed by atoms with Crippen molar-refractivity contribution in [1.82, 2.24) is 0 Å². The molecule has 3 aromatic rings. The molecule has 0 aliphatic rings. The maximum absolute atomic E-state index is 3.84. The number of nitrogens with one attached hydrogen (secondary N) is 2. The molecule has 3 rings (SSSR count). The molecule has 170 valence electrons.